The summed E-state index contributed by atoms with van der Waals surface area (Å²) in [5.74, 6) is 1.10. The number of guanidine groups is 1. The molecule has 1 fully saturated rings. The summed E-state index contributed by atoms with van der Waals surface area (Å²) in [5.41, 5.74) is 0.320. The number of nitrogens with zero attached hydrogens (tertiary/aromatic N) is 1. The number of halogens is 1. The highest BCUT2D eigenvalue weighted by Gasteiger charge is 2.33. The van der Waals surface area contributed by atoms with E-state index >= 15 is 0 Å². The molecule has 138 valence electrons. The highest BCUT2D eigenvalue weighted by molar-refractivity contribution is 14.0. The van der Waals surface area contributed by atoms with Crippen LogP contribution in [0.3, 0.4) is 0 Å². The molecule has 0 amide bonds. The van der Waals surface area contributed by atoms with Gasteiger partial charge in [-0.15, -0.1) is 24.0 Å². The number of aliphatic hydroxyl groups is 1. The Balaban J connectivity index is 0.00000484. The minimum Gasteiger partial charge on any atom is -0.396 e. The summed E-state index contributed by atoms with van der Waals surface area (Å²) in [6.45, 7) is 10.5. The Labute approximate surface area is 159 Å². The van der Waals surface area contributed by atoms with Gasteiger partial charge in [0.1, 0.15) is 0 Å². The summed E-state index contributed by atoms with van der Waals surface area (Å²) in [6, 6.07) is 0. The van der Waals surface area contributed by atoms with Crippen LogP contribution < -0.4 is 10.6 Å². The van der Waals surface area contributed by atoms with Crippen LogP contribution in [0.5, 0.6) is 0 Å². The zero-order valence-corrected chi connectivity index (χ0v) is 17.4. The summed E-state index contributed by atoms with van der Waals surface area (Å²) < 4.78 is 5.56. The Kier molecular flexibility index (Phi) is 13.2. The van der Waals surface area contributed by atoms with Gasteiger partial charge < -0.3 is 20.5 Å². The maximum atomic E-state index is 9.13. The van der Waals surface area contributed by atoms with Crippen LogP contribution in [0.1, 0.15) is 52.9 Å². The van der Waals surface area contributed by atoms with Gasteiger partial charge in [0.2, 0.25) is 0 Å². The Morgan fingerprint density at radius 1 is 1.26 bits per heavy atom. The molecule has 0 aromatic rings. The van der Waals surface area contributed by atoms with Crippen LogP contribution in [0, 0.1) is 11.3 Å². The van der Waals surface area contributed by atoms with E-state index in [1.165, 1.54) is 25.7 Å². The smallest absolute Gasteiger partial charge is 0.191 e. The predicted molar refractivity (Wildman–Crippen MR) is 108 cm³/mol. The first-order valence-electron chi connectivity index (χ1n) is 8.86. The van der Waals surface area contributed by atoms with Crippen molar-refractivity contribution in [2.24, 2.45) is 16.3 Å². The molecule has 1 aliphatic rings. The minimum atomic E-state index is 0. The van der Waals surface area contributed by atoms with E-state index in [4.69, 9.17) is 14.8 Å². The lowest BCUT2D eigenvalue weighted by molar-refractivity contribution is 0.107. The molecule has 1 atom stereocenters. The first-order chi connectivity index (χ1) is 10.7. The third kappa shape index (κ3) is 9.10. The number of aliphatic hydroxyl groups excluding tert-OH is 1. The van der Waals surface area contributed by atoms with Crippen LogP contribution in [-0.4, -0.2) is 50.5 Å². The summed E-state index contributed by atoms with van der Waals surface area (Å²) >= 11 is 0. The summed E-state index contributed by atoms with van der Waals surface area (Å²) in [7, 11) is 0. The molecule has 0 aromatic heterocycles. The van der Waals surface area contributed by atoms with E-state index in [-0.39, 0.29) is 36.5 Å². The molecular weight excluding hydrogens is 405 g/mol. The van der Waals surface area contributed by atoms with Crippen LogP contribution >= 0.6 is 24.0 Å². The molecule has 0 aromatic carbocycles. The van der Waals surface area contributed by atoms with Crippen LogP contribution in [-0.2, 0) is 4.74 Å². The molecule has 3 N–H and O–H groups in total. The lowest BCUT2D eigenvalue weighted by Crippen LogP contribution is -2.40. The topological polar surface area (TPSA) is 65.9 Å². The second kappa shape index (κ2) is 13.2. The van der Waals surface area contributed by atoms with Gasteiger partial charge in [-0.05, 0) is 44.4 Å². The number of rotatable bonds is 10. The lowest BCUT2D eigenvalue weighted by Gasteiger charge is -2.27. The lowest BCUT2D eigenvalue weighted by atomic mass is 9.83. The minimum absolute atomic E-state index is 0. The molecule has 0 bridgehead atoms. The molecule has 0 radical (unpaired) electrons. The van der Waals surface area contributed by atoms with Crippen LogP contribution in [0.15, 0.2) is 4.99 Å². The standard InChI is InChI=1S/C17H35N3O2.HI/c1-4-18-16(19-12-15(3)13-21)20-14-17(8-6-7-9-17)10-11-22-5-2;/h15,21H,4-14H2,1-3H3,(H2,18,19,20);1H. The first kappa shape index (κ1) is 22.9. The van der Waals surface area contributed by atoms with Crippen molar-refractivity contribution in [2.45, 2.75) is 52.9 Å². The molecule has 0 heterocycles. The number of aliphatic imine (C=N–C) groups is 1. The summed E-state index contributed by atoms with van der Waals surface area (Å²) in [4.78, 5) is 4.81. The number of hydrogen-bond acceptors (Lipinski definition) is 3. The van der Waals surface area contributed by atoms with Crippen molar-refractivity contribution in [1.29, 1.82) is 0 Å². The van der Waals surface area contributed by atoms with Gasteiger partial charge in [-0.3, -0.25) is 4.99 Å². The molecule has 6 heteroatoms. The second-order valence-electron chi connectivity index (χ2n) is 6.52. The molecule has 23 heavy (non-hydrogen) atoms. The van der Waals surface area contributed by atoms with Crippen molar-refractivity contribution >= 4 is 29.9 Å². The van der Waals surface area contributed by atoms with Gasteiger partial charge in [0.05, 0.1) is 0 Å². The Morgan fingerprint density at radius 3 is 2.52 bits per heavy atom. The number of hydrogen-bond donors (Lipinski definition) is 3. The highest BCUT2D eigenvalue weighted by atomic mass is 127. The van der Waals surface area contributed by atoms with Crippen LogP contribution in [0.2, 0.25) is 0 Å². The Bertz CT molecular complexity index is 321. The van der Waals surface area contributed by atoms with E-state index < -0.39 is 0 Å². The van der Waals surface area contributed by atoms with Crippen molar-refractivity contribution in [3.8, 4) is 0 Å². The van der Waals surface area contributed by atoms with Crippen molar-refractivity contribution in [1.82, 2.24) is 10.6 Å². The third-order valence-corrected chi connectivity index (χ3v) is 4.49. The predicted octanol–water partition coefficient (Wildman–Crippen LogP) is 2.77. The van der Waals surface area contributed by atoms with E-state index in [0.717, 1.165) is 45.2 Å². The second-order valence-corrected chi connectivity index (χ2v) is 6.52. The van der Waals surface area contributed by atoms with Gasteiger partial charge in [-0.1, -0.05) is 19.8 Å². The normalized spacial score (nSPS) is 18.3. The molecule has 1 saturated carbocycles. The average molecular weight is 441 g/mol. The average Bonchev–Trinajstić information content (AvgIpc) is 2.99. The zero-order valence-electron chi connectivity index (χ0n) is 15.1. The van der Waals surface area contributed by atoms with E-state index in [1.54, 1.807) is 0 Å². The van der Waals surface area contributed by atoms with Crippen LogP contribution in [0.25, 0.3) is 0 Å². The quantitative estimate of drug-likeness (QED) is 0.211. The SMILES string of the molecule is CCNC(=NCC1(CCOCC)CCCC1)NCC(C)CO.I. The monoisotopic (exact) mass is 441 g/mol. The van der Waals surface area contributed by atoms with Crippen LogP contribution in [0.4, 0.5) is 0 Å². The van der Waals surface area contributed by atoms with Gasteiger partial charge in [0.15, 0.2) is 5.96 Å². The van der Waals surface area contributed by atoms with E-state index in [2.05, 4.69) is 24.5 Å². The van der Waals surface area contributed by atoms with Crippen molar-refractivity contribution in [3.05, 3.63) is 0 Å². The molecule has 1 aliphatic carbocycles. The Morgan fingerprint density at radius 2 is 1.96 bits per heavy atom. The van der Waals surface area contributed by atoms with Gasteiger partial charge in [-0.25, -0.2) is 0 Å². The molecular formula is C17H36IN3O2. The van der Waals surface area contributed by atoms with Crippen molar-refractivity contribution < 1.29 is 9.84 Å². The van der Waals surface area contributed by atoms with Gasteiger partial charge in [0.25, 0.3) is 0 Å². The fourth-order valence-electron chi connectivity index (χ4n) is 2.97. The maximum absolute atomic E-state index is 9.13. The van der Waals surface area contributed by atoms with Gasteiger partial charge >= 0.3 is 0 Å². The van der Waals surface area contributed by atoms with Gasteiger partial charge in [-0.2, -0.15) is 0 Å². The molecule has 0 saturated heterocycles. The van der Waals surface area contributed by atoms with E-state index in [0.29, 0.717) is 5.41 Å². The fourth-order valence-corrected chi connectivity index (χ4v) is 2.97. The maximum Gasteiger partial charge on any atom is 0.191 e. The largest absolute Gasteiger partial charge is 0.396 e. The molecule has 0 spiro atoms. The zero-order chi connectivity index (χ0) is 16.3. The molecule has 1 unspecified atom stereocenters. The van der Waals surface area contributed by atoms with E-state index in [1.807, 2.05) is 6.92 Å². The molecule has 0 aliphatic heterocycles. The number of ether oxygens (including phenoxy) is 1. The Hall–Kier alpha value is -0.0800. The molecule has 5 nitrogen and oxygen atoms in total. The van der Waals surface area contributed by atoms with Gasteiger partial charge in [0, 0.05) is 39.5 Å². The summed E-state index contributed by atoms with van der Waals surface area (Å²) in [5, 5.41) is 15.8. The third-order valence-electron chi connectivity index (χ3n) is 4.49. The number of nitrogens with one attached hydrogen (secondary N) is 2. The first-order valence-corrected chi connectivity index (χ1v) is 8.86. The van der Waals surface area contributed by atoms with Crippen molar-refractivity contribution in [2.75, 3.05) is 39.5 Å². The highest BCUT2D eigenvalue weighted by Crippen LogP contribution is 2.41. The van der Waals surface area contributed by atoms with Crippen molar-refractivity contribution in [3.63, 3.8) is 0 Å². The molecule has 1 rings (SSSR count). The fraction of sp³-hybridized carbons (Fsp3) is 0.941. The summed E-state index contributed by atoms with van der Waals surface area (Å²) in [6.07, 6.45) is 6.25. The van der Waals surface area contributed by atoms with E-state index in [9.17, 15) is 0 Å².